The second-order valence-corrected chi connectivity index (χ2v) is 7.14. The van der Waals surface area contributed by atoms with Crippen molar-refractivity contribution in [3.8, 4) is 0 Å². The van der Waals surface area contributed by atoms with Crippen molar-refractivity contribution in [2.24, 2.45) is 0 Å². The van der Waals surface area contributed by atoms with Crippen LogP contribution in [-0.2, 0) is 10.0 Å². The van der Waals surface area contributed by atoms with E-state index in [1.165, 1.54) is 24.3 Å². The van der Waals surface area contributed by atoms with Crippen LogP contribution >= 0.6 is 0 Å². The van der Waals surface area contributed by atoms with E-state index in [1.54, 1.807) is 30.5 Å². The molecule has 8 nitrogen and oxygen atoms in total. The van der Waals surface area contributed by atoms with Crippen molar-refractivity contribution in [3.05, 3.63) is 70.8 Å². The van der Waals surface area contributed by atoms with Gasteiger partial charge in [0.2, 0.25) is 0 Å². The highest BCUT2D eigenvalue weighted by molar-refractivity contribution is 7.90. The molecule has 0 saturated heterocycles. The van der Waals surface area contributed by atoms with E-state index in [1.807, 2.05) is 4.72 Å². The molecule has 26 heavy (non-hydrogen) atoms. The van der Waals surface area contributed by atoms with Crippen molar-refractivity contribution in [3.63, 3.8) is 0 Å². The van der Waals surface area contributed by atoms with Gasteiger partial charge in [0.05, 0.1) is 15.9 Å². The number of pyridine rings is 1. The molecule has 0 atom stereocenters. The molecule has 0 aliphatic carbocycles. The van der Waals surface area contributed by atoms with Gasteiger partial charge in [-0.25, -0.2) is 17.9 Å². The normalized spacial score (nSPS) is 11.7. The van der Waals surface area contributed by atoms with Crippen LogP contribution < -0.4 is 10.5 Å². The lowest BCUT2D eigenvalue weighted by atomic mass is 10.2. The van der Waals surface area contributed by atoms with Crippen molar-refractivity contribution < 1.29 is 17.6 Å². The number of amides is 1. The second kappa shape index (κ2) is 5.81. The average molecular weight is 369 g/mol. The van der Waals surface area contributed by atoms with Crippen LogP contribution in [0.2, 0.25) is 0 Å². The Labute approximate surface area is 146 Å². The quantitative estimate of drug-likeness (QED) is 0.568. The Morgan fingerprint density at radius 3 is 2.81 bits per heavy atom. The minimum absolute atomic E-state index is 0.0470. The van der Waals surface area contributed by atoms with Crippen LogP contribution in [0.3, 0.4) is 0 Å². The van der Waals surface area contributed by atoms with E-state index in [0.29, 0.717) is 16.4 Å². The van der Waals surface area contributed by atoms with Crippen molar-refractivity contribution >= 4 is 37.9 Å². The summed E-state index contributed by atoms with van der Waals surface area (Å²) in [5, 5.41) is 0.407. The Hall–Kier alpha value is -3.46. The Morgan fingerprint density at radius 2 is 1.96 bits per heavy atom. The predicted octanol–water partition coefficient (Wildman–Crippen LogP) is 1.79. The molecule has 9 heteroatoms. The molecule has 0 unspecified atom stereocenters. The van der Waals surface area contributed by atoms with E-state index in [2.05, 4.69) is 9.97 Å². The molecule has 2 N–H and O–H groups in total. The summed E-state index contributed by atoms with van der Waals surface area (Å²) >= 11 is 0. The Morgan fingerprint density at radius 1 is 1.12 bits per heavy atom. The van der Waals surface area contributed by atoms with Gasteiger partial charge in [-0.15, -0.1) is 0 Å². The van der Waals surface area contributed by atoms with Gasteiger partial charge >= 0.3 is 5.76 Å². The fourth-order valence-electron chi connectivity index (χ4n) is 2.64. The van der Waals surface area contributed by atoms with Crippen molar-refractivity contribution in [2.45, 2.75) is 4.90 Å². The average Bonchev–Trinajstić information content (AvgIpc) is 3.00. The van der Waals surface area contributed by atoms with Crippen LogP contribution in [0.4, 0.5) is 0 Å². The maximum absolute atomic E-state index is 12.7. The smallest absolute Gasteiger partial charge is 0.408 e. The number of sulfonamides is 1. The third-order valence-electron chi connectivity index (χ3n) is 3.80. The number of fused-ring (bicyclic) bond motifs is 2. The van der Waals surface area contributed by atoms with Gasteiger partial charge in [-0.05, 0) is 42.5 Å². The number of hydrogen-bond donors (Lipinski definition) is 2. The summed E-state index contributed by atoms with van der Waals surface area (Å²) in [5.41, 5.74) is 1.14. The zero-order chi connectivity index (χ0) is 18.3. The predicted molar refractivity (Wildman–Crippen MR) is 93.2 cm³/mol. The summed E-state index contributed by atoms with van der Waals surface area (Å²) in [6, 6.07) is 12.0. The minimum Gasteiger partial charge on any atom is -0.408 e. The van der Waals surface area contributed by atoms with E-state index in [4.69, 9.17) is 4.42 Å². The largest absolute Gasteiger partial charge is 0.417 e. The fraction of sp³-hybridized carbons (Fsp3) is 0. The van der Waals surface area contributed by atoms with E-state index < -0.39 is 21.7 Å². The van der Waals surface area contributed by atoms with Crippen LogP contribution in [0, 0.1) is 0 Å². The van der Waals surface area contributed by atoms with Gasteiger partial charge in [-0.1, -0.05) is 6.07 Å². The lowest BCUT2D eigenvalue weighted by Gasteiger charge is -2.09. The van der Waals surface area contributed by atoms with E-state index in [9.17, 15) is 18.0 Å². The summed E-state index contributed by atoms with van der Waals surface area (Å²) in [5.74, 6) is -1.48. The first-order valence-corrected chi connectivity index (χ1v) is 8.96. The van der Waals surface area contributed by atoms with E-state index in [-0.39, 0.29) is 16.0 Å². The molecule has 0 saturated carbocycles. The van der Waals surface area contributed by atoms with Gasteiger partial charge in [0.25, 0.3) is 15.9 Å². The molecule has 2 aromatic carbocycles. The Kier molecular flexibility index (Phi) is 3.58. The molecule has 0 fully saturated rings. The number of nitrogens with zero attached hydrogens (tertiary/aromatic N) is 1. The van der Waals surface area contributed by atoms with E-state index in [0.717, 1.165) is 0 Å². The highest BCUT2D eigenvalue weighted by Crippen LogP contribution is 2.21. The molecule has 2 aromatic heterocycles. The van der Waals surface area contributed by atoms with Crippen molar-refractivity contribution in [1.82, 2.24) is 14.7 Å². The summed E-state index contributed by atoms with van der Waals surface area (Å²) in [6.45, 7) is 0. The van der Waals surface area contributed by atoms with Crippen LogP contribution in [0.25, 0.3) is 22.0 Å². The van der Waals surface area contributed by atoms with Crippen LogP contribution in [-0.4, -0.2) is 24.3 Å². The lowest BCUT2D eigenvalue weighted by Crippen LogP contribution is -2.30. The number of nitrogens with one attached hydrogen (secondary N) is 2. The monoisotopic (exact) mass is 369 g/mol. The standard InChI is InChI=1S/C17H11N3O5S/c21-16(10-6-7-14-13(9-10)19-17(22)25-14)20-26(23,24)15-5-1-4-12-11(15)3-2-8-18-12/h1-9H,(H,19,22)(H,20,21). The molecule has 0 aliphatic heterocycles. The van der Waals surface area contributed by atoms with Crippen LogP contribution in [0.5, 0.6) is 0 Å². The van der Waals surface area contributed by atoms with Gasteiger partial charge < -0.3 is 4.42 Å². The number of oxazole rings is 1. The number of carbonyl (C=O) groups is 1. The highest BCUT2D eigenvalue weighted by atomic mass is 32.2. The molecule has 0 radical (unpaired) electrons. The molecule has 130 valence electrons. The van der Waals surface area contributed by atoms with E-state index >= 15 is 0 Å². The summed E-state index contributed by atoms with van der Waals surface area (Å²) in [7, 11) is -4.12. The van der Waals surface area contributed by atoms with Gasteiger partial charge in [0.1, 0.15) is 0 Å². The first-order valence-electron chi connectivity index (χ1n) is 7.48. The van der Waals surface area contributed by atoms with Crippen LogP contribution in [0.15, 0.2) is 68.8 Å². The summed E-state index contributed by atoms with van der Waals surface area (Å²) < 4.78 is 32.2. The number of hydrogen-bond acceptors (Lipinski definition) is 6. The van der Waals surface area contributed by atoms with Crippen molar-refractivity contribution in [1.29, 1.82) is 0 Å². The lowest BCUT2D eigenvalue weighted by molar-refractivity contribution is 0.0981. The van der Waals surface area contributed by atoms with Gasteiger partial charge in [-0.2, -0.15) is 0 Å². The second-order valence-electron chi connectivity index (χ2n) is 5.49. The Balaban J connectivity index is 1.72. The first-order chi connectivity index (χ1) is 12.4. The zero-order valence-electron chi connectivity index (χ0n) is 13.1. The number of H-pyrrole nitrogens is 1. The van der Waals surface area contributed by atoms with Crippen molar-refractivity contribution in [2.75, 3.05) is 0 Å². The molecule has 2 heterocycles. The van der Waals surface area contributed by atoms with Gasteiger partial charge in [-0.3, -0.25) is 14.8 Å². The third kappa shape index (κ3) is 2.74. The first kappa shape index (κ1) is 16.0. The fourth-order valence-corrected chi connectivity index (χ4v) is 3.83. The zero-order valence-corrected chi connectivity index (χ0v) is 13.9. The maximum Gasteiger partial charge on any atom is 0.417 e. The van der Waals surface area contributed by atoms with Gasteiger partial charge in [0, 0.05) is 17.1 Å². The summed E-state index contributed by atoms with van der Waals surface area (Å²) in [6.07, 6.45) is 1.55. The number of carbonyl (C=O) groups excluding carboxylic acids is 1. The molecular weight excluding hydrogens is 358 g/mol. The maximum atomic E-state index is 12.7. The molecule has 0 spiro atoms. The Bertz CT molecular complexity index is 1320. The topological polar surface area (TPSA) is 122 Å². The highest BCUT2D eigenvalue weighted by Gasteiger charge is 2.21. The molecular formula is C17H11N3O5S. The molecule has 4 rings (SSSR count). The number of aromatic nitrogens is 2. The van der Waals surface area contributed by atoms with Crippen LogP contribution in [0.1, 0.15) is 10.4 Å². The number of rotatable bonds is 3. The molecule has 0 bridgehead atoms. The number of aromatic amines is 1. The van der Waals surface area contributed by atoms with Gasteiger partial charge in [0.15, 0.2) is 5.58 Å². The molecule has 1 amide bonds. The molecule has 0 aliphatic rings. The minimum atomic E-state index is -4.12. The summed E-state index contributed by atoms with van der Waals surface area (Å²) in [4.78, 5) is 30.0. The third-order valence-corrected chi connectivity index (χ3v) is 5.19. The number of benzene rings is 2. The SMILES string of the molecule is O=C(NS(=O)(=O)c1cccc2ncccc12)c1ccc2oc(=O)[nH]c2c1. The molecule has 4 aromatic rings.